The highest BCUT2D eigenvalue weighted by molar-refractivity contribution is 14.1. The largest absolute Gasteiger partial charge is 0.0991 e. The molecule has 0 aliphatic rings. The molecule has 0 aromatic carbocycles. The normalized spacial score (nSPS) is 13.6. The fourth-order valence-corrected chi connectivity index (χ4v) is 1.23. The molecule has 0 rings (SSSR count). The second kappa shape index (κ2) is 3.56. The summed E-state index contributed by atoms with van der Waals surface area (Å²) in [6, 6.07) is 0. The van der Waals surface area contributed by atoms with Crippen LogP contribution in [0.15, 0.2) is 21.9 Å². The van der Waals surface area contributed by atoms with Crippen LogP contribution in [0, 0.1) is 0 Å². The minimum Gasteiger partial charge on any atom is -0.0991 e. The van der Waals surface area contributed by atoms with E-state index in [4.69, 9.17) is 0 Å². The van der Waals surface area contributed by atoms with E-state index in [2.05, 4.69) is 54.9 Å². The first-order valence-electron chi connectivity index (χ1n) is 2.97. The topological polar surface area (TPSA) is 0 Å². The van der Waals surface area contributed by atoms with Crippen LogP contribution in [0.5, 0.6) is 0 Å². The molecule has 0 fully saturated rings. The van der Waals surface area contributed by atoms with Crippen LogP contribution >= 0.6 is 22.6 Å². The van der Waals surface area contributed by atoms with Gasteiger partial charge in [-0.3, -0.25) is 0 Å². The highest BCUT2D eigenvalue weighted by Gasteiger charge is 2.15. The van der Waals surface area contributed by atoms with E-state index in [1.807, 2.05) is 6.08 Å². The Bertz CT molecular complexity index is 130. The van der Waals surface area contributed by atoms with Crippen LogP contribution in [-0.2, 0) is 0 Å². The minimum atomic E-state index is -1.01. The van der Waals surface area contributed by atoms with Gasteiger partial charge in [0.25, 0.3) is 0 Å². The molecule has 0 aromatic rings. The van der Waals surface area contributed by atoms with E-state index in [1.54, 1.807) is 0 Å². The van der Waals surface area contributed by atoms with Gasteiger partial charge >= 0.3 is 0 Å². The predicted octanol–water partition coefficient (Wildman–Crippen LogP) is 3.37. The molecule has 0 nitrogen and oxygen atoms in total. The molecule has 52 valence electrons. The van der Waals surface area contributed by atoms with E-state index in [9.17, 15) is 0 Å². The van der Waals surface area contributed by atoms with Crippen LogP contribution in [0.25, 0.3) is 0 Å². The summed E-state index contributed by atoms with van der Waals surface area (Å²) >= 11 is 2.40. The number of allylic oxidation sites excluding steroid dienone is 2. The number of hydrogen-bond donors (Lipinski definition) is 0. The van der Waals surface area contributed by atoms with Gasteiger partial charge < -0.3 is 0 Å². The lowest BCUT2D eigenvalue weighted by atomic mass is 10.6. The number of halogens is 1. The fraction of sp³-hybridized carbons (Fsp3) is 0.429. The maximum absolute atomic E-state index is 3.66. The van der Waals surface area contributed by atoms with Gasteiger partial charge in [0.15, 0.2) is 0 Å². The van der Waals surface area contributed by atoms with Crippen molar-refractivity contribution in [3.8, 4) is 0 Å². The maximum Gasteiger partial charge on any atom is 0.0854 e. The summed E-state index contributed by atoms with van der Waals surface area (Å²) in [6.45, 7) is 10.6. The highest BCUT2D eigenvalue weighted by Crippen LogP contribution is 2.20. The Labute approximate surface area is 72.2 Å². The van der Waals surface area contributed by atoms with E-state index < -0.39 is 8.07 Å². The lowest BCUT2D eigenvalue weighted by Gasteiger charge is -2.13. The maximum atomic E-state index is 3.66. The Balaban J connectivity index is 4.19. The van der Waals surface area contributed by atoms with Crippen molar-refractivity contribution in [2.45, 2.75) is 19.6 Å². The molecule has 0 aliphatic carbocycles. The first-order chi connectivity index (χ1) is 3.98. The van der Waals surface area contributed by atoms with Crippen LogP contribution < -0.4 is 0 Å². The van der Waals surface area contributed by atoms with E-state index in [0.717, 1.165) is 0 Å². The molecule has 0 amide bonds. The molecule has 0 aromatic heterocycles. The predicted molar refractivity (Wildman–Crippen MR) is 55.6 cm³/mol. The lowest BCUT2D eigenvalue weighted by molar-refractivity contribution is 1.75. The van der Waals surface area contributed by atoms with Gasteiger partial charge in [-0.05, 0) is 3.20 Å². The van der Waals surface area contributed by atoms with Crippen molar-refractivity contribution < 1.29 is 0 Å². The summed E-state index contributed by atoms with van der Waals surface area (Å²) in [5.74, 6) is 0. The van der Waals surface area contributed by atoms with Crippen LogP contribution in [0.2, 0.25) is 19.6 Å². The molecule has 0 atom stereocenters. The molecule has 0 saturated carbocycles. The summed E-state index contributed by atoms with van der Waals surface area (Å²) in [7, 11) is -1.01. The van der Waals surface area contributed by atoms with Crippen molar-refractivity contribution in [2.24, 2.45) is 0 Å². The lowest BCUT2D eigenvalue weighted by Crippen LogP contribution is -2.19. The van der Waals surface area contributed by atoms with Crippen LogP contribution in [-0.4, -0.2) is 8.07 Å². The molecule has 0 heterocycles. The molecule has 0 N–H and O–H groups in total. The smallest absolute Gasteiger partial charge is 0.0854 e. The van der Waals surface area contributed by atoms with Crippen molar-refractivity contribution in [3.05, 3.63) is 21.9 Å². The SMILES string of the molecule is C=C/C=C(/I)[Si](C)(C)C. The fourth-order valence-electron chi connectivity index (χ4n) is 0.353. The molecule has 0 saturated heterocycles. The minimum absolute atomic E-state index is 1.01. The third kappa shape index (κ3) is 3.92. The van der Waals surface area contributed by atoms with Gasteiger partial charge in [-0.25, -0.2) is 0 Å². The molecular weight excluding hydrogens is 239 g/mol. The van der Waals surface area contributed by atoms with E-state index in [1.165, 1.54) is 3.20 Å². The Hall–Kier alpha value is 0.427. The molecule has 0 unspecified atom stereocenters. The van der Waals surface area contributed by atoms with Gasteiger partial charge in [0.1, 0.15) is 0 Å². The average Bonchev–Trinajstić information content (AvgIpc) is 1.64. The molecule has 0 bridgehead atoms. The zero-order valence-electron chi connectivity index (χ0n) is 6.24. The van der Waals surface area contributed by atoms with E-state index in [-0.39, 0.29) is 0 Å². The van der Waals surface area contributed by atoms with Gasteiger partial charge in [-0.2, -0.15) is 0 Å². The Morgan fingerprint density at radius 3 is 2.00 bits per heavy atom. The summed E-state index contributed by atoms with van der Waals surface area (Å²) < 4.78 is 1.48. The first-order valence-corrected chi connectivity index (χ1v) is 7.55. The van der Waals surface area contributed by atoms with Crippen molar-refractivity contribution >= 4 is 30.7 Å². The standard InChI is InChI=1S/C7H13ISi/c1-5-6-7(8)9(2,3)4/h5-6H,1H2,2-4H3/b7-6-. The van der Waals surface area contributed by atoms with Gasteiger partial charge in [0.05, 0.1) is 8.07 Å². The van der Waals surface area contributed by atoms with Gasteiger partial charge in [-0.15, -0.1) is 0 Å². The van der Waals surface area contributed by atoms with E-state index >= 15 is 0 Å². The number of rotatable bonds is 2. The average molecular weight is 252 g/mol. The molecule has 0 radical (unpaired) electrons. The van der Waals surface area contributed by atoms with Gasteiger partial charge in [0, 0.05) is 0 Å². The second-order valence-corrected chi connectivity index (χ2v) is 10.2. The number of hydrogen-bond acceptors (Lipinski definition) is 0. The molecular formula is C7H13ISi. The van der Waals surface area contributed by atoms with Gasteiger partial charge in [0.2, 0.25) is 0 Å². The highest BCUT2D eigenvalue weighted by atomic mass is 127. The van der Waals surface area contributed by atoms with Crippen molar-refractivity contribution in [1.29, 1.82) is 0 Å². The van der Waals surface area contributed by atoms with Crippen molar-refractivity contribution in [2.75, 3.05) is 0 Å². The molecule has 9 heavy (non-hydrogen) atoms. The second-order valence-electron chi connectivity index (χ2n) is 3.00. The Morgan fingerprint density at radius 2 is 1.89 bits per heavy atom. The molecule has 0 aliphatic heterocycles. The Kier molecular flexibility index (Phi) is 3.73. The van der Waals surface area contributed by atoms with E-state index in [0.29, 0.717) is 0 Å². The zero-order chi connectivity index (χ0) is 7.49. The van der Waals surface area contributed by atoms with Crippen molar-refractivity contribution in [1.82, 2.24) is 0 Å². The van der Waals surface area contributed by atoms with Gasteiger partial charge in [-0.1, -0.05) is 61.0 Å². The third-order valence-electron chi connectivity index (χ3n) is 0.981. The third-order valence-corrected chi connectivity index (χ3v) is 7.79. The summed E-state index contributed by atoms with van der Waals surface area (Å²) in [4.78, 5) is 0. The van der Waals surface area contributed by atoms with Crippen LogP contribution in [0.3, 0.4) is 0 Å². The monoisotopic (exact) mass is 252 g/mol. The molecule has 2 heteroatoms. The first kappa shape index (κ1) is 9.43. The van der Waals surface area contributed by atoms with Crippen LogP contribution in [0.4, 0.5) is 0 Å². The summed E-state index contributed by atoms with van der Waals surface area (Å²) in [6.07, 6.45) is 3.97. The zero-order valence-corrected chi connectivity index (χ0v) is 9.40. The van der Waals surface area contributed by atoms with Crippen molar-refractivity contribution in [3.63, 3.8) is 0 Å². The summed E-state index contributed by atoms with van der Waals surface area (Å²) in [5.41, 5.74) is 0. The van der Waals surface area contributed by atoms with Crippen LogP contribution in [0.1, 0.15) is 0 Å². The molecule has 0 spiro atoms. The quantitative estimate of drug-likeness (QED) is 0.401. The summed E-state index contributed by atoms with van der Waals surface area (Å²) in [5, 5.41) is 0. The Morgan fingerprint density at radius 1 is 1.44 bits per heavy atom.